The highest BCUT2D eigenvalue weighted by Crippen LogP contribution is 2.33. The van der Waals surface area contributed by atoms with Crippen molar-refractivity contribution in [3.05, 3.63) is 58.6 Å². The van der Waals surface area contributed by atoms with E-state index in [4.69, 9.17) is 4.74 Å². The van der Waals surface area contributed by atoms with Crippen LogP contribution in [-0.4, -0.2) is 31.5 Å². The van der Waals surface area contributed by atoms with Gasteiger partial charge in [-0.25, -0.2) is 0 Å². The molecule has 0 unspecified atom stereocenters. The molecule has 0 saturated heterocycles. The zero-order chi connectivity index (χ0) is 17.1. The van der Waals surface area contributed by atoms with Crippen molar-refractivity contribution < 1.29 is 14.3 Å². The number of benzene rings is 2. The molecule has 0 spiro atoms. The van der Waals surface area contributed by atoms with Gasteiger partial charge in [-0.15, -0.1) is 0 Å². The molecular formula is C18H17BrN2O3. The Hall–Kier alpha value is -2.34. The number of likely N-dealkylation sites (N-methyl/N-ethyl adjacent to an activating group) is 1. The predicted molar refractivity (Wildman–Crippen MR) is 95.1 cm³/mol. The number of hydrogen-bond acceptors (Lipinski definition) is 3. The van der Waals surface area contributed by atoms with E-state index in [-0.39, 0.29) is 24.8 Å². The lowest BCUT2D eigenvalue weighted by molar-refractivity contribution is -0.127. The van der Waals surface area contributed by atoms with Gasteiger partial charge in [0.05, 0.1) is 18.7 Å². The van der Waals surface area contributed by atoms with E-state index in [0.717, 1.165) is 10.0 Å². The third-order valence-corrected chi connectivity index (χ3v) is 4.41. The number of para-hydroxylation sites is 2. The van der Waals surface area contributed by atoms with Crippen LogP contribution >= 0.6 is 15.9 Å². The van der Waals surface area contributed by atoms with E-state index in [0.29, 0.717) is 11.4 Å². The molecule has 0 fully saturated rings. The summed E-state index contributed by atoms with van der Waals surface area (Å²) < 4.78 is 6.69. The molecule has 24 heavy (non-hydrogen) atoms. The number of fused-ring (bicyclic) bond motifs is 1. The van der Waals surface area contributed by atoms with Crippen LogP contribution in [0.1, 0.15) is 5.56 Å². The van der Waals surface area contributed by atoms with E-state index in [9.17, 15) is 9.59 Å². The third kappa shape index (κ3) is 3.43. The maximum absolute atomic E-state index is 12.8. The van der Waals surface area contributed by atoms with Crippen LogP contribution < -0.4 is 15.0 Å². The van der Waals surface area contributed by atoms with E-state index < -0.39 is 6.10 Å². The van der Waals surface area contributed by atoms with Gasteiger partial charge in [-0.3, -0.25) is 9.59 Å². The van der Waals surface area contributed by atoms with Gasteiger partial charge in [0.15, 0.2) is 6.10 Å². The zero-order valence-electron chi connectivity index (χ0n) is 13.2. The lowest BCUT2D eigenvalue weighted by atomic mass is 10.1. The molecule has 1 aliphatic rings. The number of carbonyl (C=O) groups excluding carboxylic acids is 2. The van der Waals surface area contributed by atoms with Crippen molar-refractivity contribution in [3.63, 3.8) is 0 Å². The van der Waals surface area contributed by atoms with E-state index in [2.05, 4.69) is 21.2 Å². The number of halogens is 1. The first-order valence-electron chi connectivity index (χ1n) is 7.60. The van der Waals surface area contributed by atoms with Crippen LogP contribution in [0, 0.1) is 0 Å². The quantitative estimate of drug-likeness (QED) is 0.878. The number of rotatable bonds is 3. The van der Waals surface area contributed by atoms with E-state index in [1.807, 2.05) is 42.5 Å². The summed E-state index contributed by atoms with van der Waals surface area (Å²) in [5.41, 5.74) is 1.61. The Balaban J connectivity index is 1.85. The predicted octanol–water partition coefficient (Wildman–Crippen LogP) is 2.53. The zero-order valence-corrected chi connectivity index (χ0v) is 14.7. The summed E-state index contributed by atoms with van der Waals surface area (Å²) >= 11 is 3.39. The Morgan fingerprint density at radius 3 is 2.62 bits per heavy atom. The van der Waals surface area contributed by atoms with Gasteiger partial charge in [0, 0.05) is 11.5 Å². The smallest absolute Gasteiger partial charge is 0.262 e. The number of amides is 2. The Morgan fingerprint density at radius 1 is 1.21 bits per heavy atom. The first-order chi connectivity index (χ1) is 11.6. The van der Waals surface area contributed by atoms with Gasteiger partial charge < -0.3 is 15.0 Å². The van der Waals surface area contributed by atoms with E-state index in [1.165, 1.54) is 0 Å². The second-order valence-corrected chi connectivity index (χ2v) is 6.41. The molecule has 0 radical (unpaired) electrons. The van der Waals surface area contributed by atoms with Crippen molar-refractivity contribution >= 4 is 33.4 Å². The molecule has 124 valence electrons. The molecule has 5 nitrogen and oxygen atoms in total. The first-order valence-corrected chi connectivity index (χ1v) is 8.40. The second-order valence-electron chi connectivity index (χ2n) is 5.50. The summed E-state index contributed by atoms with van der Waals surface area (Å²) in [5.74, 6) is 0.231. The average molecular weight is 389 g/mol. The van der Waals surface area contributed by atoms with Crippen LogP contribution in [0.2, 0.25) is 0 Å². The SMILES string of the molecule is CNC(=O)[C@H]1CN(C(=O)Cc2ccc(Br)cc2)c2ccccc2O1. The van der Waals surface area contributed by atoms with E-state index in [1.54, 1.807) is 18.0 Å². The number of hydrogen-bond donors (Lipinski definition) is 1. The van der Waals surface area contributed by atoms with Gasteiger partial charge >= 0.3 is 0 Å². The molecule has 3 rings (SSSR count). The fourth-order valence-corrected chi connectivity index (χ4v) is 2.90. The number of nitrogens with one attached hydrogen (secondary N) is 1. The van der Waals surface area contributed by atoms with Crippen LogP contribution in [0.5, 0.6) is 5.75 Å². The molecule has 6 heteroatoms. The highest BCUT2D eigenvalue weighted by atomic mass is 79.9. The molecule has 1 aliphatic heterocycles. The minimum Gasteiger partial charge on any atom is -0.477 e. The highest BCUT2D eigenvalue weighted by Gasteiger charge is 2.33. The molecular weight excluding hydrogens is 372 g/mol. The Morgan fingerprint density at radius 2 is 1.92 bits per heavy atom. The molecule has 1 heterocycles. The molecule has 1 atom stereocenters. The van der Waals surface area contributed by atoms with Gasteiger partial charge in [-0.05, 0) is 29.8 Å². The fraction of sp³-hybridized carbons (Fsp3) is 0.222. The number of ether oxygens (including phenoxy) is 1. The third-order valence-electron chi connectivity index (χ3n) is 3.88. The lowest BCUT2D eigenvalue weighted by Gasteiger charge is -2.34. The Labute approximate surface area is 148 Å². The van der Waals surface area contributed by atoms with Crippen molar-refractivity contribution in [2.75, 3.05) is 18.5 Å². The van der Waals surface area contributed by atoms with Crippen LogP contribution in [0.15, 0.2) is 53.0 Å². The number of anilines is 1. The number of nitrogens with zero attached hydrogens (tertiary/aromatic N) is 1. The van der Waals surface area contributed by atoms with Crippen LogP contribution in [0.4, 0.5) is 5.69 Å². The van der Waals surface area contributed by atoms with Gasteiger partial charge in [0.1, 0.15) is 5.75 Å². The monoisotopic (exact) mass is 388 g/mol. The van der Waals surface area contributed by atoms with Crippen molar-refractivity contribution in [2.45, 2.75) is 12.5 Å². The summed E-state index contributed by atoms with van der Waals surface area (Å²) in [7, 11) is 1.56. The molecule has 0 aromatic heterocycles. The normalized spacial score (nSPS) is 16.1. The molecule has 0 saturated carbocycles. The molecule has 1 N–H and O–H groups in total. The van der Waals surface area contributed by atoms with Crippen LogP contribution in [0.25, 0.3) is 0 Å². The first kappa shape index (κ1) is 16.5. The summed E-state index contributed by atoms with van der Waals surface area (Å²) in [5, 5.41) is 2.57. The minimum absolute atomic E-state index is 0.0676. The summed E-state index contributed by atoms with van der Waals surface area (Å²) in [6.07, 6.45) is -0.444. The van der Waals surface area contributed by atoms with Gasteiger partial charge in [-0.1, -0.05) is 40.2 Å². The van der Waals surface area contributed by atoms with Crippen LogP contribution in [-0.2, 0) is 16.0 Å². The fourth-order valence-electron chi connectivity index (χ4n) is 2.64. The molecule has 2 amide bonds. The maximum atomic E-state index is 12.8. The molecule has 2 aromatic carbocycles. The largest absolute Gasteiger partial charge is 0.477 e. The van der Waals surface area contributed by atoms with Crippen molar-refractivity contribution in [2.24, 2.45) is 0 Å². The maximum Gasteiger partial charge on any atom is 0.262 e. The van der Waals surface area contributed by atoms with Gasteiger partial charge in [-0.2, -0.15) is 0 Å². The van der Waals surface area contributed by atoms with Crippen molar-refractivity contribution in [1.29, 1.82) is 0 Å². The summed E-state index contributed by atoms with van der Waals surface area (Å²) in [6.45, 7) is 0.200. The topological polar surface area (TPSA) is 58.6 Å². The average Bonchev–Trinajstić information content (AvgIpc) is 2.62. The highest BCUT2D eigenvalue weighted by molar-refractivity contribution is 9.10. The Kier molecular flexibility index (Phi) is 4.85. The van der Waals surface area contributed by atoms with Crippen LogP contribution in [0.3, 0.4) is 0 Å². The molecule has 2 aromatic rings. The molecule has 0 aliphatic carbocycles. The van der Waals surface area contributed by atoms with E-state index >= 15 is 0 Å². The van der Waals surface area contributed by atoms with Gasteiger partial charge in [0.25, 0.3) is 5.91 Å². The summed E-state index contributed by atoms with van der Waals surface area (Å²) in [4.78, 5) is 26.4. The minimum atomic E-state index is -0.709. The van der Waals surface area contributed by atoms with Gasteiger partial charge in [0.2, 0.25) is 5.91 Å². The summed E-state index contributed by atoms with van der Waals surface area (Å²) in [6, 6.07) is 14.9. The Bertz CT molecular complexity index is 761. The standard InChI is InChI=1S/C18H17BrN2O3/c1-20-18(23)16-11-21(14-4-2-3-5-15(14)24-16)17(22)10-12-6-8-13(19)9-7-12/h2-9,16H,10-11H2,1H3,(H,20,23)/t16-/m1/s1. The lowest BCUT2D eigenvalue weighted by Crippen LogP contribution is -2.50. The second kappa shape index (κ2) is 7.05. The van der Waals surface area contributed by atoms with Crippen molar-refractivity contribution in [3.8, 4) is 5.75 Å². The number of carbonyl (C=O) groups is 2. The van der Waals surface area contributed by atoms with Crippen molar-refractivity contribution in [1.82, 2.24) is 5.32 Å². The molecule has 0 bridgehead atoms.